The molecule has 5 heteroatoms. The number of nitrogens with zero attached hydrogens (tertiary/aromatic N) is 1. The molecule has 0 radical (unpaired) electrons. The van der Waals surface area contributed by atoms with Crippen LogP contribution in [-0.2, 0) is 0 Å². The summed E-state index contributed by atoms with van der Waals surface area (Å²) in [6, 6.07) is 0. The molecule has 0 aliphatic rings. The van der Waals surface area contributed by atoms with Crippen LogP contribution in [0.25, 0.3) is 0 Å². The van der Waals surface area contributed by atoms with E-state index in [4.69, 9.17) is 0 Å². The van der Waals surface area contributed by atoms with Gasteiger partial charge in [0.05, 0.1) is 5.51 Å². The third kappa shape index (κ3) is 3.16. The fourth-order valence-corrected chi connectivity index (χ4v) is 1.02. The van der Waals surface area contributed by atoms with Crippen LogP contribution in [0.1, 0.15) is 10.5 Å². The molecule has 11 heavy (non-hydrogen) atoms. The Morgan fingerprint density at radius 2 is 2.45 bits per heavy atom. The molecule has 1 heterocycles. The molecule has 1 aromatic rings. The van der Waals surface area contributed by atoms with Gasteiger partial charge in [0.2, 0.25) is 5.78 Å². The van der Waals surface area contributed by atoms with Gasteiger partial charge in [0.1, 0.15) is 5.69 Å². The number of allylic oxidation sites excluding steroid dienone is 1. The predicted molar refractivity (Wildman–Crippen MR) is 35.6 cm³/mol. The van der Waals surface area contributed by atoms with Crippen molar-refractivity contribution in [3.05, 3.63) is 28.9 Å². The van der Waals surface area contributed by atoms with Crippen molar-refractivity contribution in [2.24, 2.45) is 0 Å². The van der Waals surface area contributed by atoms with Gasteiger partial charge in [-0.3, -0.25) is 4.79 Å². The van der Waals surface area contributed by atoms with Gasteiger partial charge in [-0.15, -0.1) is 17.6 Å². The molecule has 0 bridgehead atoms. The van der Waals surface area contributed by atoms with Gasteiger partial charge in [0.25, 0.3) is 0 Å². The van der Waals surface area contributed by atoms with Gasteiger partial charge < -0.3 is 5.11 Å². The quantitative estimate of drug-likeness (QED) is 0.212. The topological polar surface area (TPSA) is 53.0 Å². The summed E-state index contributed by atoms with van der Waals surface area (Å²) in [5.41, 5.74) is 1.88. The zero-order chi connectivity index (χ0) is 7.40. The van der Waals surface area contributed by atoms with Crippen molar-refractivity contribution in [1.29, 1.82) is 0 Å². The maximum absolute atomic E-state index is 10.8. The first-order valence-electron chi connectivity index (χ1n) is 2.55. The van der Waals surface area contributed by atoms with Crippen molar-refractivity contribution in [2.45, 2.75) is 0 Å². The van der Waals surface area contributed by atoms with Crippen LogP contribution in [0.2, 0.25) is 0 Å². The minimum atomic E-state index is -0.337. The van der Waals surface area contributed by atoms with Crippen molar-refractivity contribution >= 4 is 17.1 Å². The van der Waals surface area contributed by atoms with Crippen LogP contribution < -0.4 is 34.7 Å². The van der Waals surface area contributed by atoms with E-state index in [-0.39, 0.29) is 35.3 Å². The Morgan fingerprint density at radius 3 is 2.91 bits per heavy atom. The minimum absolute atomic E-state index is 0. The molecule has 0 aromatic carbocycles. The summed E-state index contributed by atoms with van der Waals surface area (Å²) in [6.45, 7) is 0. The summed E-state index contributed by atoms with van der Waals surface area (Å²) >= 11 is 1.33. The van der Waals surface area contributed by atoms with E-state index in [2.05, 4.69) is 4.98 Å². The molecule has 1 rings (SSSR count). The Labute approximate surface area is 90.1 Å². The summed E-state index contributed by atoms with van der Waals surface area (Å²) in [5, 5.41) is 11.4. The van der Waals surface area contributed by atoms with E-state index in [0.717, 1.165) is 6.08 Å². The van der Waals surface area contributed by atoms with Gasteiger partial charge in [0.15, 0.2) is 0 Å². The van der Waals surface area contributed by atoms with Gasteiger partial charge in [-0.2, -0.15) is 0 Å². The molecule has 0 atom stereocenters. The molecule has 0 unspecified atom stereocenters. The maximum Gasteiger partial charge on any atom is 1.00 e. The number of hydrogen-bond donors (Lipinski definition) is 0. The Balaban J connectivity index is 0.000001000. The summed E-state index contributed by atoms with van der Waals surface area (Å²) < 4.78 is 0. The molecule has 0 fully saturated rings. The number of hydrogen-bond acceptors (Lipinski definition) is 4. The smallest absolute Gasteiger partial charge is 0.878 e. The average Bonchev–Trinajstić information content (AvgIpc) is 2.38. The molecular weight excluding hydrogens is 173 g/mol. The van der Waals surface area contributed by atoms with Gasteiger partial charge in [-0.1, -0.05) is 0 Å². The second-order valence-electron chi connectivity index (χ2n) is 1.54. The summed E-state index contributed by atoms with van der Waals surface area (Å²) in [4.78, 5) is 14.5. The first kappa shape index (κ1) is 10.8. The van der Waals surface area contributed by atoms with Crippen LogP contribution in [0.4, 0.5) is 0 Å². The van der Waals surface area contributed by atoms with Gasteiger partial charge in [-0.05, 0) is 6.08 Å². The van der Waals surface area contributed by atoms with E-state index in [1.807, 2.05) is 0 Å². The van der Waals surface area contributed by atoms with Gasteiger partial charge in [0, 0.05) is 5.38 Å². The number of carbonyl (C=O) groups excluding carboxylic acids is 1. The first-order valence-corrected chi connectivity index (χ1v) is 3.50. The maximum atomic E-state index is 10.8. The number of rotatable bonds is 2. The molecule has 0 amide bonds. The Morgan fingerprint density at radius 1 is 1.73 bits per heavy atom. The third-order valence-electron chi connectivity index (χ3n) is 0.904. The van der Waals surface area contributed by atoms with Crippen LogP contribution in [-0.4, -0.2) is 10.8 Å². The molecule has 0 N–H and O–H groups in total. The Bertz CT molecular complexity index is 245. The van der Waals surface area contributed by atoms with Gasteiger partial charge in [-0.25, -0.2) is 4.98 Å². The number of carbonyl (C=O) groups is 1. The van der Waals surface area contributed by atoms with E-state index in [9.17, 15) is 9.90 Å². The Kier molecular flexibility index (Phi) is 5.41. The van der Waals surface area contributed by atoms with Crippen molar-refractivity contribution in [1.82, 2.24) is 4.98 Å². The first-order chi connectivity index (χ1) is 4.84. The normalized spacial score (nSPS) is 9.45. The van der Waals surface area contributed by atoms with E-state index in [1.54, 1.807) is 10.9 Å². The van der Waals surface area contributed by atoms with Crippen molar-refractivity contribution in [3.8, 4) is 0 Å². The van der Waals surface area contributed by atoms with Crippen molar-refractivity contribution in [3.63, 3.8) is 0 Å². The molecule has 3 nitrogen and oxygen atoms in total. The SMILES string of the molecule is O=C(/C=C/[O-])c1cscn1.[Na+]. The van der Waals surface area contributed by atoms with Crippen LogP contribution in [0, 0.1) is 0 Å². The van der Waals surface area contributed by atoms with Crippen molar-refractivity contribution < 1.29 is 39.5 Å². The van der Waals surface area contributed by atoms with Crippen molar-refractivity contribution in [2.75, 3.05) is 0 Å². The van der Waals surface area contributed by atoms with Crippen LogP contribution in [0.5, 0.6) is 0 Å². The number of ketones is 1. The molecule has 0 aliphatic carbocycles. The van der Waals surface area contributed by atoms with Crippen LogP contribution in [0.15, 0.2) is 23.2 Å². The number of aromatic nitrogens is 1. The predicted octanol–water partition coefficient (Wildman–Crippen LogP) is -2.80. The molecule has 0 spiro atoms. The summed E-state index contributed by atoms with van der Waals surface area (Å²) in [5.74, 6) is -0.337. The van der Waals surface area contributed by atoms with E-state index in [1.165, 1.54) is 11.3 Å². The van der Waals surface area contributed by atoms with E-state index >= 15 is 0 Å². The summed E-state index contributed by atoms with van der Waals surface area (Å²) in [7, 11) is 0. The number of thiazole rings is 1. The largest absolute Gasteiger partial charge is 1.00 e. The monoisotopic (exact) mass is 177 g/mol. The second-order valence-corrected chi connectivity index (χ2v) is 2.26. The standard InChI is InChI=1S/C6H5NO2S.Na/c8-2-1-6(9)5-3-10-4-7-5;/h1-4,8H;/q;+1/p-1/b2-1+;. The minimum Gasteiger partial charge on any atom is -0.878 e. The third-order valence-corrected chi connectivity index (χ3v) is 1.49. The van der Waals surface area contributed by atoms with Crippen LogP contribution >= 0.6 is 11.3 Å². The van der Waals surface area contributed by atoms with E-state index < -0.39 is 0 Å². The molecule has 52 valence electrons. The molecule has 0 saturated carbocycles. The molecule has 1 aromatic heterocycles. The molecule has 0 saturated heterocycles. The second kappa shape index (κ2) is 5.49. The van der Waals surface area contributed by atoms with Crippen LogP contribution in [0.3, 0.4) is 0 Å². The summed E-state index contributed by atoms with van der Waals surface area (Å²) in [6.07, 6.45) is 1.41. The fraction of sp³-hybridized carbons (Fsp3) is 0. The molecule has 0 aliphatic heterocycles. The zero-order valence-electron chi connectivity index (χ0n) is 5.98. The zero-order valence-corrected chi connectivity index (χ0v) is 8.80. The molecular formula is C6H4NNaO2S. The van der Waals surface area contributed by atoms with Gasteiger partial charge >= 0.3 is 29.6 Å². The fourth-order valence-electron chi connectivity index (χ4n) is 0.481. The Hall–Kier alpha value is -0.160. The average molecular weight is 177 g/mol. The van der Waals surface area contributed by atoms with E-state index in [0.29, 0.717) is 12.0 Å².